The van der Waals surface area contributed by atoms with E-state index in [-0.39, 0.29) is 0 Å². The second-order valence-corrected chi connectivity index (χ2v) is 2.93. The molecule has 0 fully saturated rings. The minimum Gasteiger partial charge on any atom is -0.361 e. The quantitative estimate of drug-likeness (QED) is 0.685. The number of benzene rings is 1. The SMILES string of the molecule is N#C[C@@H](N)c1ccc2cc[nH]c2c1. The lowest BCUT2D eigenvalue weighted by atomic mass is 10.1. The highest BCUT2D eigenvalue weighted by atomic mass is 14.7. The molecule has 0 spiro atoms. The van der Waals surface area contributed by atoms with Gasteiger partial charge in [-0.05, 0) is 23.1 Å². The van der Waals surface area contributed by atoms with Crippen molar-refractivity contribution in [2.45, 2.75) is 6.04 Å². The number of fused-ring (bicyclic) bond motifs is 1. The number of aromatic nitrogens is 1. The summed E-state index contributed by atoms with van der Waals surface area (Å²) >= 11 is 0. The summed E-state index contributed by atoms with van der Waals surface area (Å²) in [6.45, 7) is 0. The number of hydrogen-bond acceptors (Lipinski definition) is 2. The zero-order valence-electron chi connectivity index (χ0n) is 6.99. The van der Waals surface area contributed by atoms with Crippen LogP contribution in [0.15, 0.2) is 30.5 Å². The lowest BCUT2D eigenvalue weighted by Crippen LogP contribution is -2.06. The Morgan fingerprint density at radius 3 is 3.00 bits per heavy atom. The van der Waals surface area contributed by atoms with Crippen molar-refractivity contribution in [3.63, 3.8) is 0 Å². The van der Waals surface area contributed by atoms with Crippen LogP contribution in [0.2, 0.25) is 0 Å². The molecule has 1 aromatic heterocycles. The third-order valence-corrected chi connectivity index (χ3v) is 2.08. The fraction of sp³-hybridized carbons (Fsp3) is 0.100. The van der Waals surface area contributed by atoms with Gasteiger partial charge < -0.3 is 10.7 Å². The average Bonchev–Trinajstić information content (AvgIpc) is 2.63. The van der Waals surface area contributed by atoms with Crippen LogP contribution in [0.5, 0.6) is 0 Å². The van der Waals surface area contributed by atoms with Crippen molar-refractivity contribution in [2.24, 2.45) is 5.73 Å². The van der Waals surface area contributed by atoms with Crippen LogP contribution in [0, 0.1) is 11.3 Å². The molecular weight excluding hydrogens is 162 g/mol. The number of rotatable bonds is 1. The highest BCUT2D eigenvalue weighted by Crippen LogP contribution is 2.17. The summed E-state index contributed by atoms with van der Waals surface area (Å²) in [5, 5.41) is 9.76. The van der Waals surface area contributed by atoms with Gasteiger partial charge in [-0.1, -0.05) is 12.1 Å². The third-order valence-electron chi connectivity index (χ3n) is 2.08. The van der Waals surface area contributed by atoms with E-state index in [0.717, 1.165) is 16.5 Å². The average molecular weight is 171 g/mol. The summed E-state index contributed by atoms with van der Waals surface area (Å²) in [6.07, 6.45) is 1.87. The Morgan fingerprint density at radius 1 is 1.38 bits per heavy atom. The van der Waals surface area contributed by atoms with Crippen LogP contribution >= 0.6 is 0 Å². The van der Waals surface area contributed by atoms with E-state index in [0.29, 0.717) is 0 Å². The summed E-state index contributed by atoms with van der Waals surface area (Å²) < 4.78 is 0. The predicted molar refractivity (Wildman–Crippen MR) is 50.8 cm³/mol. The van der Waals surface area contributed by atoms with Gasteiger partial charge in [0.2, 0.25) is 0 Å². The fourth-order valence-corrected chi connectivity index (χ4v) is 1.33. The van der Waals surface area contributed by atoms with Gasteiger partial charge in [0.1, 0.15) is 6.04 Å². The van der Waals surface area contributed by atoms with Crippen molar-refractivity contribution in [3.05, 3.63) is 36.0 Å². The normalized spacial score (nSPS) is 12.6. The van der Waals surface area contributed by atoms with Crippen LogP contribution in [-0.4, -0.2) is 4.98 Å². The Kier molecular flexibility index (Phi) is 1.76. The van der Waals surface area contributed by atoms with Crippen molar-refractivity contribution < 1.29 is 0 Å². The van der Waals surface area contributed by atoms with Crippen molar-refractivity contribution in [1.29, 1.82) is 5.26 Å². The zero-order valence-corrected chi connectivity index (χ0v) is 6.99. The summed E-state index contributed by atoms with van der Waals surface area (Å²) in [4.78, 5) is 3.07. The first-order chi connectivity index (χ1) is 6.31. The van der Waals surface area contributed by atoms with E-state index in [4.69, 9.17) is 11.0 Å². The van der Waals surface area contributed by atoms with Crippen LogP contribution in [0.3, 0.4) is 0 Å². The maximum atomic E-state index is 8.63. The van der Waals surface area contributed by atoms with E-state index in [1.807, 2.05) is 36.5 Å². The van der Waals surface area contributed by atoms with Crippen molar-refractivity contribution >= 4 is 10.9 Å². The van der Waals surface area contributed by atoms with Crippen molar-refractivity contribution in [1.82, 2.24) is 4.98 Å². The van der Waals surface area contributed by atoms with Gasteiger partial charge >= 0.3 is 0 Å². The van der Waals surface area contributed by atoms with Crippen molar-refractivity contribution in [2.75, 3.05) is 0 Å². The Balaban J connectivity index is 2.55. The Hall–Kier alpha value is -1.79. The van der Waals surface area contributed by atoms with Gasteiger partial charge in [0.15, 0.2) is 0 Å². The molecule has 1 aromatic carbocycles. The molecule has 0 aliphatic heterocycles. The number of hydrogen-bond donors (Lipinski definition) is 2. The first kappa shape index (κ1) is 7.84. The second-order valence-electron chi connectivity index (χ2n) is 2.93. The summed E-state index contributed by atoms with van der Waals surface area (Å²) in [5.41, 5.74) is 7.44. The van der Waals surface area contributed by atoms with Gasteiger partial charge in [0.05, 0.1) is 6.07 Å². The zero-order chi connectivity index (χ0) is 9.26. The molecule has 13 heavy (non-hydrogen) atoms. The van der Waals surface area contributed by atoms with Crippen molar-refractivity contribution in [3.8, 4) is 6.07 Å². The summed E-state index contributed by atoms with van der Waals surface area (Å²) in [6, 6.07) is 9.19. The molecule has 0 radical (unpaired) electrons. The number of nitrogens with zero attached hydrogens (tertiary/aromatic N) is 1. The first-order valence-electron chi connectivity index (χ1n) is 4.03. The Bertz CT molecular complexity index is 464. The highest BCUT2D eigenvalue weighted by molar-refractivity contribution is 5.80. The van der Waals surface area contributed by atoms with E-state index < -0.39 is 6.04 Å². The molecule has 0 saturated carbocycles. The number of aromatic amines is 1. The molecule has 3 N–H and O–H groups in total. The molecule has 0 bridgehead atoms. The maximum absolute atomic E-state index is 8.63. The molecule has 64 valence electrons. The van der Waals surface area contributed by atoms with Gasteiger partial charge in [-0.2, -0.15) is 5.26 Å². The number of H-pyrrole nitrogens is 1. The first-order valence-corrected chi connectivity index (χ1v) is 4.03. The van der Waals surface area contributed by atoms with Crippen LogP contribution in [-0.2, 0) is 0 Å². The number of nitriles is 1. The maximum Gasteiger partial charge on any atom is 0.118 e. The molecule has 1 atom stereocenters. The molecule has 2 aromatic rings. The number of nitrogens with two attached hydrogens (primary N) is 1. The van der Waals surface area contributed by atoms with Crippen LogP contribution in [0.1, 0.15) is 11.6 Å². The van der Waals surface area contributed by atoms with Crippen LogP contribution in [0.25, 0.3) is 10.9 Å². The molecule has 0 aliphatic carbocycles. The van der Waals surface area contributed by atoms with E-state index in [2.05, 4.69) is 4.98 Å². The van der Waals surface area contributed by atoms with E-state index in [9.17, 15) is 0 Å². The molecule has 3 nitrogen and oxygen atoms in total. The summed E-state index contributed by atoms with van der Waals surface area (Å²) in [7, 11) is 0. The Morgan fingerprint density at radius 2 is 2.23 bits per heavy atom. The van der Waals surface area contributed by atoms with Gasteiger partial charge in [0, 0.05) is 11.7 Å². The Labute approximate surface area is 75.8 Å². The fourth-order valence-electron chi connectivity index (χ4n) is 1.33. The summed E-state index contributed by atoms with van der Waals surface area (Å²) in [5.74, 6) is 0. The van der Waals surface area contributed by atoms with Gasteiger partial charge in [-0.15, -0.1) is 0 Å². The minimum atomic E-state index is -0.535. The molecule has 0 aliphatic rings. The molecule has 2 rings (SSSR count). The second kappa shape index (κ2) is 2.92. The smallest absolute Gasteiger partial charge is 0.118 e. The minimum absolute atomic E-state index is 0.535. The monoisotopic (exact) mass is 171 g/mol. The van der Waals surface area contributed by atoms with Gasteiger partial charge in [-0.25, -0.2) is 0 Å². The lowest BCUT2D eigenvalue weighted by molar-refractivity contribution is 0.928. The standard InChI is InChI=1S/C10H9N3/c11-6-9(12)8-2-1-7-3-4-13-10(7)5-8/h1-5,9,13H,12H2/t9-/m1/s1. The molecule has 0 unspecified atom stereocenters. The molecule has 0 saturated heterocycles. The largest absolute Gasteiger partial charge is 0.361 e. The third kappa shape index (κ3) is 1.28. The molecular formula is C10H9N3. The number of nitrogens with one attached hydrogen (secondary N) is 1. The highest BCUT2D eigenvalue weighted by Gasteiger charge is 2.04. The van der Waals surface area contributed by atoms with E-state index >= 15 is 0 Å². The molecule has 0 amide bonds. The van der Waals surface area contributed by atoms with Crippen LogP contribution in [0.4, 0.5) is 0 Å². The van der Waals surface area contributed by atoms with Gasteiger partial charge in [-0.3, -0.25) is 0 Å². The van der Waals surface area contributed by atoms with E-state index in [1.54, 1.807) is 0 Å². The topological polar surface area (TPSA) is 65.6 Å². The van der Waals surface area contributed by atoms with Gasteiger partial charge in [0.25, 0.3) is 0 Å². The lowest BCUT2D eigenvalue weighted by Gasteiger charge is -2.01. The van der Waals surface area contributed by atoms with Crippen LogP contribution < -0.4 is 5.73 Å². The molecule has 1 heterocycles. The molecule has 3 heteroatoms. The van der Waals surface area contributed by atoms with E-state index in [1.165, 1.54) is 0 Å². The predicted octanol–water partition coefficient (Wildman–Crippen LogP) is 1.69.